The molecule has 1 aliphatic carbocycles. The lowest BCUT2D eigenvalue weighted by molar-refractivity contribution is -0.297. The third-order valence-corrected chi connectivity index (χ3v) is 5.03. The van der Waals surface area contributed by atoms with Gasteiger partial charge in [-0.15, -0.1) is 0 Å². The highest BCUT2D eigenvalue weighted by Crippen LogP contribution is 2.39. The number of nitrogens with zero attached hydrogens (tertiary/aromatic N) is 2. The van der Waals surface area contributed by atoms with Gasteiger partial charge in [0.1, 0.15) is 0 Å². The fourth-order valence-corrected chi connectivity index (χ4v) is 4.14. The summed E-state index contributed by atoms with van der Waals surface area (Å²) in [6, 6.07) is 0. The minimum Gasteiger partial charge on any atom is -0.295 e. The highest BCUT2D eigenvalue weighted by atomic mass is 16.7. The van der Waals surface area contributed by atoms with Crippen LogP contribution in [-0.4, -0.2) is 34.5 Å². The Bertz CT molecular complexity index is 361. The van der Waals surface area contributed by atoms with E-state index in [1.807, 2.05) is 0 Å². The molecular formula is C19H36N2O. The van der Waals surface area contributed by atoms with Gasteiger partial charge < -0.3 is 0 Å². The molecule has 1 saturated heterocycles. The fourth-order valence-electron chi connectivity index (χ4n) is 4.14. The number of rotatable bonds is 5. The monoisotopic (exact) mass is 308 g/mol. The van der Waals surface area contributed by atoms with Crippen molar-refractivity contribution >= 4 is 5.71 Å². The second-order valence-corrected chi connectivity index (χ2v) is 8.44. The van der Waals surface area contributed by atoms with Crippen molar-refractivity contribution in [2.24, 2.45) is 4.99 Å². The number of hydroxylamine groups is 2. The van der Waals surface area contributed by atoms with E-state index in [1.54, 1.807) is 0 Å². The molecule has 1 heterocycles. The van der Waals surface area contributed by atoms with Gasteiger partial charge in [-0.25, -0.2) is 0 Å². The molecule has 1 saturated carbocycles. The molecule has 2 fully saturated rings. The lowest BCUT2D eigenvalue weighted by atomic mass is 9.80. The molecule has 0 aromatic carbocycles. The van der Waals surface area contributed by atoms with E-state index < -0.39 is 0 Å². The van der Waals surface area contributed by atoms with Crippen LogP contribution in [0, 0.1) is 0 Å². The van der Waals surface area contributed by atoms with Crippen molar-refractivity contribution in [1.29, 1.82) is 0 Å². The van der Waals surface area contributed by atoms with Gasteiger partial charge in [-0.05, 0) is 47.0 Å². The van der Waals surface area contributed by atoms with Crippen molar-refractivity contribution in [2.45, 2.75) is 110 Å². The first-order chi connectivity index (χ1) is 10.3. The second-order valence-electron chi connectivity index (χ2n) is 8.44. The maximum absolute atomic E-state index is 6.52. The van der Waals surface area contributed by atoms with Crippen molar-refractivity contribution in [3.8, 4) is 0 Å². The smallest absolute Gasteiger partial charge is 0.0793 e. The topological polar surface area (TPSA) is 24.8 Å². The van der Waals surface area contributed by atoms with E-state index >= 15 is 0 Å². The summed E-state index contributed by atoms with van der Waals surface area (Å²) in [5.74, 6) is 0. The summed E-state index contributed by atoms with van der Waals surface area (Å²) in [5.41, 5.74) is 1.45. The van der Waals surface area contributed by atoms with E-state index in [0.29, 0.717) is 6.10 Å². The van der Waals surface area contributed by atoms with Crippen LogP contribution in [0.2, 0.25) is 0 Å². The lowest BCUT2D eigenvalue weighted by Crippen LogP contribution is -2.61. The molecule has 0 radical (unpaired) electrons. The summed E-state index contributed by atoms with van der Waals surface area (Å²) in [6.45, 7) is 12.5. The Kier molecular flexibility index (Phi) is 6.07. The van der Waals surface area contributed by atoms with E-state index in [0.717, 1.165) is 19.4 Å². The summed E-state index contributed by atoms with van der Waals surface area (Å²) < 4.78 is 0. The summed E-state index contributed by atoms with van der Waals surface area (Å²) in [5, 5.41) is 2.31. The first kappa shape index (κ1) is 17.9. The Labute approximate surface area is 137 Å². The number of aliphatic imine (C=N–C) groups is 1. The van der Waals surface area contributed by atoms with Crippen LogP contribution in [0.1, 0.15) is 92.4 Å². The summed E-state index contributed by atoms with van der Waals surface area (Å²) in [4.78, 5) is 11.4. The van der Waals surface area contributed by atoms with E-state index in [4.69, 9.17) is 9.83 Å². The van der Waals surface area contributed by atoms with Crippen LogP contribution >= 0.6 is 0 Å². The van der Waals surface area contributed by atoms with Crippen molar-refractivity contribution in [3.63, 3.8) is 0 Å². The fraction of sp³-hybridized carbons (Fsp3) is 0.947. The molecule has 0 atom stereocenters. The molecule has 2 aliphatic rings. The SMILES string of the molecule is CCCCN=C1CC(C)(C)N(OC2CCCCC2)C(C)(C)C1. The van der Waals surface area contributed by atoms with Crippen LogP contribution < -0.4 is 0 Å². The molecule has 3 heteroatoms. The van der Waals surface area contributed by atoms with Gasteiger partial charge in [0.05, 0.1) is 6.10 Å². The lowest BCUT2D eigenvalue weighted by Gasteiger charge is -2.53. The predicted molar refractivity (Wildman–Crippen MR) is 94.4 cm³/mol. The van der Waals surface area contributed by atoms with Crippen molar-refractivity contribution in [1.82, 2.24) is 5.06 Å². The van der Waals surface area contributed by atoms with E-state index in [2.05, 4.69) is 39.7 Å². The maximum Gasteiger partial charge on any atom is 0.0793 e. The van der Waals surface area contributed by atoms with Crippen molar-refractivity contribution in [3.05, 3.63) is 0 Å². The van der Waals surface area contributed by atoms with Crippen molar-refractivity contribution in [2.75, 3.05) is 6.54 Å². The quantitative estimate of drug-likeness (QED) is 0.656. The number of hydrogen-bond acceptors (Lipinski definition) is 3. The average Bonchev–Trinajstić information content (AvgIpc) is 2.44. The van der Waals surface area contributed by atoms with Crippen molar-refractivity contribution < 1.29 is 4.84 Å². The molecule has 0 aromatic rings. The van der Waals surface area contributed by atoms with E-state index in [-0.39, 0.29) is 11.1 Å². The van der Waals surface area contributed by atoms with Gasteiger partial charge in [-0.2, -0.15) is 5.06 Å². The standard InChI is InChI=1S/C19H36N2O/c1-6-7-13-20-16-14-18(2,3)21(19(4,5)15-16)22-17-11-9-8-10-12-17/h17H,6-15H2,1-5H3. The molecule has 0 bridgehead atoms. The first-order valence-corrected chi connectivity index (χ1v) is 9.34. The maximum atomic E-state index is 6.52. The first-order valence-electron chi connectivity index (χ1n) is 9.34. The molecule has 3 nitrogen and oxygen atoms in total. The van der Waals surface area contributed by atoms with Crippen LogP contribution in [0.15, 0.2) is 4.99 Å². The zero-order chi connectivity index (χ0) is 16.2. The number of piperidine rings is 1. The van der Waals surface area contributed by atoms with Gasteiger partial charge in [0.2, 0.25) is 0 Å². The van der Waals surface area contributed by atoms with Gasteiger partial charge in [0.25, 0.3) is 0 Å². The number of unbranched alkanes of at least 4 members (excludes halogenated alkanes) is 1. The second kappa shape index (κ2) is 7.44. The van der Waals surface area contributed by atoms with Gasteiger partial charge >= 0.3 is 0 Å². The summed E-state index contributed by atoms with van der Waals surface area (Å²) in [7, 11) is 0. The Hall–Kier alpha value is -0.410. The normalized spacial score (nSPS) is 26.1. The third-order valence-electron chi connectivity index (χ3n) is 5.03. The molecule has 0 aromatic heterocycles. The zero-order valence-corrected chi connectivity index (χ0v) is 15.5. The molecular weight excluding hydrogens is 272 g/mol. The van der Waals surface area contributed by atoms with Gasteiger partial charge in [0, 0.05) is 36.2 Å². The van der Waals surface area contributed by atoms with Crippen LogP contribution in [0.3, 0.4) is 0 Å². The molecule has 22 heavy (non-hydrogen) atoms. The van der Waals surface area contributed by atoms with Gasteiger partial charge in [0.15, 0.2) is 0 Å². The molecule has 0 unspecified atom stereocenters. The van der Waals surface area contributed by atoms with Crippen LogP contribution in [-0.2, 0) is 4.84 Å². The molecule has 128 valence electrons. The Morgan fingerprint density at radius 2 is 1.64 bits per heavy atom. The Balaban J connectivity index is 2.05. The van der Waals surface area contributed by atoms with Gasteiger partial charge in [-0.3, -0.25) is 9.83 Å². The third kappa shape index (κ3) is 4.55. The predicted octanol–water partition coefficient (Wildman–Crippen LogP) is 5.14. The highest BCUT2D eigenvalue weighted by molar-refractivity contribution is 5.87. The summed E-state index contributed by atoms with van der Waals surface area (Å²) in [6.07, 6.45) is 11.4. The molecule has 2 rings (SSSR count). The number of hydrogen-bond donors (Lipinski definition) is 0. The summed E-state index contributed by atoms with van der Waals surface area (Å²) >= 11 is 0. The highest BCUT2D eigenvalue weighted by Gasteiger charge is 2.46. The molecule has 0 amide bonds. The minimum absolute atomic E-state index is 0.0320. The zero-order valence-electron chi connectivity index (χ0n) is 15.5. The minimum atomic E-state index is 0.0320. The van der Waals surface area contributed by atoms with Crippen LogP contribution in [0.5, 0.6) is 0 Å². The van der Waals surface area contributed by atoms with Crippen LogP contribution in [0.25, 0.3) is 0 Å². The largest absolute Gasteiger partial charge is 0.295 e. The molecule has 1 aliphatic heterocycles. The Morgan fingerprint density at radius 1 is 1.05 bits per heavy atom. The van der Waals surface area contributed by atoms with E-state index in [9.17, 15) is 0 Å². The molecule has 0 N–H and O–H groups in total. The van der Waals surface area contributed by atoms with E-state index in [1.165, 1.54) is 50.7 Å². The van der Waals surface area contributed by atoms with Crippen LogP contribution in [0.4, 0.5) is 0 Å². The molecule has 0 spiro atoms. The Morgan fingerprint density at radius 3 is 2.18 bits per heavy atom. The van der Waals surface area contributed by atoms with Gasteiger partial charge in [-0.1, -0.05) is 32.6 Å². The average molecular weight is 309 g/mol.